The summed E-state index contributed by atoms with van der Waals surface area (Å²) in [4.78, 5) is 44.6. The lowest BCUT2D eigenvalue weighted by Gasteiger charge is -2.34. The van der Waals surface area contributed by atoms with E-state index in [4.69, 9.17) is 0 Å². The SMILES string of the molecule is CC(C)Sc1[nH]c2c(CN3CCN(CCNC(=O)CN4C(=O)C=CC4=O)CC3)c(O)ccc2c1CC(C)(C)C. The molecular formula is C29H41N5O4S. The number of thioether (sulfide) groups is 1. The Morgan fingerprint density at radius 1 is 1.05 bits per heavy atom. The molecule has 3 amide bonds. The van der Waals surface area contributed by atoms with Crippen LogP contribution in [0, 0.1) is 5.41 Å². The molecule has 4 rings (SSSR count). The fourth-order valence-electron chi connectivity index (χ4n) is 5.08. The minimum Gasteiger partial charge on any atom is -0.508 e. The van der Waals surface area contributed by atoms with Crippen molar-refractivity contribution in [1.82, 2.24) is 25.0 Å². The molecule has 2 aliphatic heterocycles. The van der Waals surface area contributed by atoms with Crippen molar-refractivity contribution < 1.29 is 19.5 Å². The fraction of sp³-hybridized carbons (Fsp3) is 0.552. The highest BCUT2D eigenvalue weighted by Crippen LogP contribution is 2.39. The van der Waals surface area contributed by atoms with Crippen molar-refractivity contribution >= 4 is 40.4 Å². The van der Waals surface area contributed by atoms with Gasteiger partial charge in [-0.1, -0.05) is 34.6 Å². The number of amides is 3. The van der Waals surface area contributed by atoms with Crippen LogP contribution in [0.1, 0.15) is 45.7 Å². The number of imide groups is 1. The largest absolute Gasteiger partial charge is 0.508 e. The summed E-state index contributed by atoms with van der Waals surface area (Å²) < 4.78 is 0. The van der Waals surface area contributed by atoms with Gasteiger partial charge in [0.2, 0.25) is 5.91 Å². The highest BCUT2D eigenvalue weighted by atomic mass is 32.2. The van der Waals surface area contributed by atoms with E-state index in [1.54, 1.807) is 0 Å². The molecule has 0 aliphatic carbocycles. The number of H-pyrrole nitrogens is 1. The van der Waals surface area contributed by atoms with E-state index in [-0.39, 0.29) is 17.9 Å². The van der Waals surface area contributed by atoms with Crippen molar-refractivity contribution in [2.75, 3.05) is 45.8 Å². The summed E-state index contributed by atoms with van der Waals surface area (Å²) in [6.07, 6.45) is 3.32. The summed E-state index contributed by atoms with van der Waals surface area (Å²) in [6.45, 7) is 16.2. The van der Waals surface area contributed by atoms with E-state index in [9.17, 15) is 19.5 Å². The van der Waals surface area contributed by atoms with E-state index >= 15 is 0 Å². The summed E-state index contributed by atoms with van der Waals surface area (Å²) in [5.74, 6) is -0.919. The van der Waals surface area contributed by atoms with Gasteiger partial charge in [-0.05, 0) is 29.5 Å². The summed E-state index contributed by atoms with van der Waals surface area (Å²) in [5, 5.41) is 16.5. The fourth-order valence-corrected chi connectivity index (χ4v) is 6.04. The number of carbonyl (C=O) groups is 3. The number of aromatic amines is 1. The molecule has 0 bridgehead atoms. The van der Waals surface area contributed by atoms with Crippen LogP contribution in [0.5, 0.6) is 5.75 Å². The van der Waals surface area contributed by atoms with Gasteiger partial charge in [0.05, 0.1) is 10.5 Å². The second-order valence-corrected chi connectivity index (χ2v) is 13.5. The van der Waals surface area contributed by atoms with Gasteiger partial charge in [-0.3, -0.25) is 29.1 Å². The van der Waals surface area contributed by atoms with Gasteiger partial charge < -0.3 is 15.4 Å². The van der Waals surface area contributed by atoms with Crippen LogP contribution >= 0.6 is 11.8 Å². The maximum absolute atomic E-state index is 12.1. The maximum Gasteiger partial charge on any atom is 0.254 e. The van der Waals surface area contributed by atoms with Crippen LogP contribution in [0.25, 0.3) is 10.9 Å². The van der Waals surface area contributed by atoms with Crippen molar-refractivity contribution in [2.45, 2.75) is 57.9 Å². The molecule has 1 aromatic carbocycles. The summed E-state index contributed by atoms with van der Waals surface area (Å²) in [6, 6.07) is 3.88. The first kappa shape index (κ1) is 29.2. The van der Waals surface area contributed by atoms with Gasteiger partial charge in [0, 0.05) is 74.2 Å². The molecule has 2 aromatic rings. The third-order valence-corrected chi connectivity index (χ3v) is 8.04. The second kappa shape index (κ2) is 12.1. The number of nitrogens with zero attached hydrogens (tertiary/aromatic N) is 3. The molecule has 0 atom stereocenters. The number of benzene rings is 1. The van der Waals surface area contributed by atoms with E-state index in [2.05, 4.69) is 60.8 Å². The highest BCUT2D eigenvalue weighted by Gasteiger charge is 2.26. The summed E-state index contributed by atoms with van der Waals surface area (Å²) in [5.41, 5.74) is 3.46. The van der Waals surface area contributed by atoms with Crippen LogP contribution in [0.15, 0.2) is 29.3 Å². The van der Waals surface area contributed by atoms with Gasteiger partial charge in [0.1, 0.15) is 12.3 Å². The highest BCUT2D eigenvalue weighted by molar-refractivity contribution is 7.99. The number of aromatic hydroxyl groups is 1. The second-order valence-electron chi connectivity index (χ2n) is 11.9. The molecule has 39 heavy (non-hydrogen) atoms. The molecule has 212 valence electrons. The van der Waals surface area contributed by atoms with Crippen LogP contribution in [0.3, 0.4) is 0 Å². The molecule has 1 aromatic heterocycles. The van der Waals surface area contributed by atoms with Crippen LogP contribution in [0.4, 0.5) is 0 Å². The number of phenolic OH excluding ortho intramolecular Hbond substituents is 1. The Morgan fingerprint density at radius 2 is 1.69 bits per heavy atom. The zero-order chi connectivity index (χ0) is 28.3. The number of hydrogen-bond donors (Lipinski definition) is 3. The molecule has 0 saturated carbocycles. The maximum atomic E-state index is 12.1. The Labute approximate surface area is 235 Å². The van der Waals surface area contributed by atoms with Gasteiger partial charge in [-0.15, -0.1) is 11.8 Å². The molecule has 3 N–H and O–H groups in total. The lowest BCUT2D eigenvalue weighted by molar-refractivity contribution is -0.141. The van der Waals surface area contributed by atoms with Crippen molar-refractivity contribution in [3.8, 4) is 5.75 Å². The number of phenols is 1. The number of nitrogens with one attached hydrogen (secondary N) is 2. The van der Waals surface area contributed by atoms with Crippen molar-refractivity contribution in [2.24, 2.45) is 5.41 Å². The molecule has 1 saturated heterocycles. The van der Waals surface area contributed by atoms with E-state index in [0.717, 1.165) is 48.6 Å². The summed E-state index contributed by atoms with van der Waals surface area (Å²) in [7, 11) is 0. The van der Waals surface area contributed by atoms with Gasteiger partial charge in [-0.2, -0.15) is 0 Å². The molecule has 2 aliphatic rings. The van der Waals surface area contributed by atoms with E-state index in [1.807, 2.05) is 17.8 Å². The predicted octanol–water partition coefficient (Wildman–Crippen LogP) is 3.12. The van der Waals surface area contributed by atoms with E-state index < -0.39 is 11.8 Å². The first-order valence-corrected chi connectivity index (χ1v) is 14.6. The Hall–Kier alpha value is -2.82. The van der Waals surface area contributed by atoms with Crippen molar-refractivity contribution in [3.05, 3.63) is 35.4 Å². The Bertz CT molecular complexity index is 1240. The average molecular weight is 556 g/mol. The predicted molar refractivity (Wildman–Crippen MR) is 155 cm³/mol. The number of piperazine rings is 1. The molecule has 10 heteroatoms. The molecular weight excluding hydrogens is 514 g/mol. The van der Waals surface area contributed by atoms with Crippen LogP contribution in [-0.4, -0.2) is 93.6 Å². The third kappa shape index (κ3) is 7.43. The quantitative estimate of drug-likeness (QED) is 0.305. The standard InChI is InChI=1S/C29H41N5O4S/c1-19(2)39-28-21(16-29(3,4)5)20-6-7-23(35)22(27(20)31-28)17-33-14-12-32(13-15-33)11-10-30-24(36)18-34-25(37)8-9-26(34)38/h6-9,19,31,35H,10-18H2,1-5H3,(H,30,36). The zero-order valence-corrected chi connectivity index (χ0v) is 24.5. The normalized spacial score (nSPS) is 17.2. The Morgan fingerprint density at radius 3 is 2.31 bits per heavy atom. The molecule has 0 unspecified atom stereocenters. The molecule has 9 nitrogen and oxygen atoms in total. The number of hydrogen-bond acceptors (Lipinski definition) is 7. The first-order valence-electron chi connectivity index (χ1n) is 13.7. The average Bonchev–Trinajstić information content (AvgIpc) is 3.34. The van der Waals surface area contributed by atoms with Crippen LogP contribution < -0.4 is 5.32 Å². The summed E-state index contributed by atoms with van der Waals surface area (Å²) >= 11 is 1.84. The first-order chi connectivity index (χ1) is 18.4. The van der Waals surface area contributed by atoms with Crippen molar-refractivity contribution in [3.63, 3.8) is 0 Å². The van der Waals surface area contributed by atoms with Gasteiger partial charge in [-0.25, -0.2) is 0 Å². The zero-order valence-electron chi connectivity index (χ0n) is 23.7. The third-order valence-electron chi connectivity index (χ3n) is 6.99. The lowest BCUT2D eigenvalue weighted by atomic mass is 9.88. The van der Waals surface area contributed by atoms with Crippen LogP contribution in [0.2, 0.25) is 0 Å². The minimum atomic E-state index is -0.451. The smallest absolute Gasteiger partial charge is 0.254 e. The Kier molecular flexibility index (Phi) is 9.08. The molecule has 0 spiro atoms. The topological polar surface area (TPSA) is 109 Å². The number of fused-ring (bicyclic) bond motifs is 1. The number of rotatable bonds is 10. The number of carbonyl (C=O) groups excluding carboxylic acids is 3. The van der Waals surface area contributed by atoms with Crippen LogP contribution in [-0.2, 0) is 27.3 Å². The minimum absolute atomic E-state index is 0.148. The van der Waals surface area contributed by atoms with E-state index in [1.165, 1.54) is 28.1 Å². The van der Waals surface area contributed by atoms with Gasteiger partial charge in [0.25, 0.3) is 11.8 Å². The molecule has 0 radical (unpaired) electrons. The molecule has 3 heterocycles. The monoisotopic (exact) mass is 555 g/mol. The van der Waals surface area contributed by atoms with Gasteiger partial charge >= 0.3 is 0 Å². The van der Waals surface area contributed by atoms with Gasteiger partial charge in [0.15, 0.2) is 0 Å². The van der Waals surface area contributed by atoms with E-state index in [0.29, 0.717) is 30.6 Å². The molecule has 1 fully saturated rings. The number of aromatic nitrogens is 1. The lowest BCUT2D eigenvalue weighted by Crippen LogP contribution is -2.48. The van der Waals surface area contributed by atoms with Crippen molar-refractivity contribution in [1.29, 1.82) is 0 Å². The Balaban J connectivity index is 1.33.